The molecule has 2 N–H and O–H groups in total. The number of nitrogens with one attached hydrogen (secondary N) is 1. The molecule has 1 fully saturated rings. The number of hydrogen-bond donors (Lipinski definition) is 2. The van der Waals surface area contributed by atoms with E-state index in [1.165, 1.54) is 19.3 Å². The average molecular weight is 213 g/mol. The van der Waals surface area contributed by atoms with Crippen molar-refractivity contribution in [2.75, 3.05) is 0 Å². The Kier molecular flexibility index (Phi) is 5.07. The van der Waals surface area contributed by atoms with Crippen LogP contribution in [-0.4, -0.2) is 23.3 Å². The molecule has 0 aromatic rings. The minimum atomic E-state index is -0.193. The van der Waals surface area contributed by atoms with Crippen molar-refractivity contribution in [3.63, 3.8) is 0 Å². The smallest absolute Gasteiger partial charge is 0.0526 e. The van der Waals surface area contributed by atoms with Gasteiger partial charge in [-0.25, -0.2) is 0 Å². The zero-order valence-electron chi connectivity index (χ0n) is 10.7. The van der Waals surface area contributed by atoms with Gasteiger partial charge in [0.2, 0.25) is 0 Å². The Morgan fingerprint density at radius 1 is 1.20 bits per heavy atom. The topological polar surface area (TPSA) is 32.3 Å². The van der Waals surface area contributed by atoms with Crippen LogP contribution < -0.4 is 5.32 Å². The van der Waals surface area contributed by atoms with Crippen molar-refractivity contribution in [2.24, 2.45) is 11.8 Å². The summed E-state index contributed by atoms with van der Waals surface area (Å²) in [6.07, 6.45) is 4.75. The third kappa shape index (κ3) is 4.12. The van der Waals surface area contributed by atoms with E-state index < -0.39 is 0 Å². The van der Waals surface area contributed by atoms with E-state index in [4.69, 9.17) is 0 Å². The first-order valence-corrected chi connectivity index (χ1v) is 6.44. The van der Waals surface area contributed by atoms with Crippen LogP contribution in [0.5, 0.6) is 0 Å². The van der Waals surface area contributed by atoms with Crippen molar-refractivity contribution < 1.29 is 5.11 Å². The Morgan fingerprint density at radius 3 is 2.20 bits per heavy atom. The fourth-order valence-corrected chi connectivity index (χ4v) is 2.92. The molecule has 1 aliphatic rings. The molecule has 0 spiro atoms. The van der Waals surface area contributed by atoms with Gasteiger partial charge in [0, 0.05) is 12.1 Å². The summed E-state index contributed by atoms with van der Waals surface area (Å²) in [4.78, 5) is 0. The first-order chi connectivity index (χ1) is 7.00. The van der Waals surface area contributed by atoms with Gasteiger partial charge < -0.3 is 10.4 Å². The summed E-state index contributed by atoms with van der Waals surface area (Å²) < 4.78 is 0. The second kappa shape index (κ2) is 5.86. The molecule has 1 saturated carbocycles. The van der Waals surface area contributed by atoms with Gasteiger partial charge in [-0.1, -0.05) is 20.3 Å². The Bertz CT molecular complexity index is 171. The molecule has 2 nitrogen and oxygen atoms in total. The van der Waals surface area contributed by atoms with Gasteiger partial charge in [-0.15, -0.1) is 0 Å². The van der Waals surface area contributed by atoms with Crippen LogP contribution in [0.3, 0.4) is 0 Å². The summed E-state index contributed by atoms with van der Waals surface area (Å²) in [6, 6.07) is 1.07. The lowest BCUT2D eigenvalue weighted by atomic mass is 9.78. The average Bonchev–Trinajstić information content (AvgIpc) is 2.10. The zero-order chi connectivity index (χ0) is 11.4. The van der Waals surface area contributed by atoms with Crippen molar-refractivity contribution in [3.8, 4) is 0 Å². The van der Waals surface area contributed by atoms with Gasteiger partial charge in [0.15, 0.2) is 0 Å². The number of aliphatic hydroxyl groups is 1. The van der Waals surface area contributed by atoms with Crippen molar-refractivity contribution >= 4 is 0 Å². The molecular weight excluding hydrogens is 186 g/mol. The molecule has 0 amide bonds. The van der Waals surface area contributed by atoms with Crippen LogP contribution in [-0.2, 0) is 0 Å². The molecule has 0 aromatic carbocycles. The first kappa shape index (κ1) is 13.0. The van der Waals surface area contributed by atoms with Crippen molar-refractivity contribution in [1.29, 1.82) is 0 Å². The maximum Gasteiger partial charge on any atom is 0.0526 e. The Labute approximate surface area is 94.5 Å². The van der Waals surface area contributed by atoms with Gasteiger partial charge >= 0.3 is 0 Å². The highest BCUT2D eigenvalue weighted by molar-refractivity contribution is 4.85. The van der Waals surface area contributed by atoms with Gasteiger partial charge in [0.1, 0.15) is 0 Å². The third-order valence-corrected chi connectivity index (χ3v) is 3.72. The summed E-state index contributed by atoms with van der Waals surface area (Å²) in [6.45, 7) is 8.75. The Morgan fingerprint density at radius 2 is 1.73 bits per heavy atom. The summed E-state index contributed by atoms with van der Waals surface area (Å²) >= 11 is 0. The Balaban J connectivity index is 2.40. The van der Waals surface area contributed by atoms with E-state index in [1.54, 1.807) is 0 Å². The fourth-order valence-electron chi connectivity index (χ4n) is 2.92. The molecule has 1 aliphatic carbocycles. The van der Waals surface area contributed by atoms with Crippen LogP contribution in [0.1, 0.15) is 53.4 Å². The first-order valence-electron chi connectivity index (χ1n) is 6.44. The van der Waals surface area contributed by atoms with Crippen LogP contribution >= 0.6 is 0 Å². The molecule has 1 rings (SSSR count). The van der Waals surface area contributed by atoms with E-state index in [-0.39, 0.29) is 6.10 Å². The predicted molar refractivity (Wildman–Crippen MR) is 64.9 cm³/mol. The van der Waals surface area contributed by atoms with Crippen molar-refractivity contribution in [1.82, 2.24) is 5.32 Å². The largest absolute Gasteiger partial charge is 0.393 e. The number of rotatable bonds is 4. The van der Waals surface area contributed by atoms with Gasteiger partial charge in [0.05, 0.1) is 6.10 Å². The molecule has 0 aliphatic heterocycles. The molecule has 4 atom stereocenters. The van der Waals surface area contributed by atoms with Gasteiger partial charge in [0.25, 0.3) is 0 Å². The molecule has 90 valence electrons. The lowest BCUT2D eigenvalue weighted by Gasteiger charge is -2.37. The van der Waals surface area contributed by atoms with E-state index >= 15 is 0 Å². The summed E-state index contributed by atoms with van der Waals surface area (Å²) in [7, 11) is 0. The minimum absolute atomic E-state index is 0.193. The third-order valence-electron chi connectivity index (χ3n) is 3.72. The predicted octanol–water partition coefficient (Wildman–Crippen LogP) is 2.56. The Hall–Kier alpha value is -0.0800. The summed E-state index contributed by atoms with van der Waals surface area (Å²) in [5, 5.41) is 13.0. The van der Waals surface area contributed by atoms with E-state index in [9.17, 15) is 5.11 Å². The molecule has 0 heterocycles. The second-order valence-electron chi connectivity index (χ2n) is 5.56. The van der Waals surface area contributed by atoms with Gasteiger partial charge in [-0.2, -0.15) is 0 Å². The minimum Gasteiger partial charge on any atom is -0.393 e. The summed E-state index contributed by atoms with van der Waals surface area (Å²) in [5.41, 5.74) is 0. The van der Waals surface area contributed by atoms with Crippen molar-refractivity contribution in [3.05, 3.63) is 0 Å². The lowest BCUT2D eigenvalue weighted by Crippen LogP contribution is -2.47. The fraction of sp³-hybridized carbons (Fsp3) is 1.00. The van der Waals surface area contributed by atoms with Gasteiger partial charge in [-0.05, 0) is 44.9 Å². The highest BCUT2D eigenvalue weighted by Gasteiger charge is 2.28. The van der Waals surface area contributed by atoms with Crippen LogP contribution in [0, 0.1) is 11.8 Å². The van der Waals surface area contributed by atoms with E-state index in [0.717, 1.165) is 18.3 Å². The molecule has 0 aromatic heterocycles. The SMILES string of the molecule is CC(O)CC(C)NC1C(C)CCCC1C. The molecule has 15 heavy (non-hydrogen) atoms. The van der Waals surface area contributed by atoms with Crippen LogP contribution in [0.4, 0.5) is 0 Å². The monoisotopic (exact) mass is 213 g/mol. The van der Waals surface area contributed by atoms with E-state index in [2.05, 4.69) is 26.1 Å². The normalized spacial score (nSPS) is 36.2. The molecular formula is C13H27NO. The quantitative estimate of drug-likeness (QED) is 0.752. The zero-order valence-corrected chi connectivity index (χ0v) is 10.7. The van der Waals surface area contributed by atoms with Crippen LogP contribution in [0.15, 0.2) is 0 Å². The van der Waals surface area contributed by atoms with E-state index in [0.29, 0.717) is 12.1 Å². The number of hydrogen-bond acceptors (Lipinski definition) is 2. The summed E-state index contributed by atoms with van der Waals surface area (Å²) in [5.74, 6) is 1.57. The second-order valence-corrected chi connectivity index (χ2v) is 5.56. The highest BCUT2D eigenvalue weighted by atomic mass is 16.3. The lowest BCUT2D eigenvalue weighted by molar-refractivity contribution is 0.146. The van der Waals surface area contributed by atoms with E-state index in [1.807, 2.05) is 6.92 Å². The standard InChI is InChI=1S/C13H27NO/c1-9-6-5-7-10(2)13(9)14-11(3)8-12(4)15/h9-15H,5-8H2,1-4H3. The molecule has 0 saturated heterocycles. The number of aliphatic hydroxyl groups excluding tert-OH is 1. The maximum absolute atomic E-state index is 9.34. The molecule has 4 unspecified atom stereocenters. The van der Waals surface area contributed by atoms with Crippen molar-refractivity contribution in [2.45, 2.75) is 71.6 Å². The van der Waals surface area contributed by atoms with Crippen LogP contribution in [0.25, 0.3) is 0 Å². The molecule has 0 bridgehead atoms. The highest BCUT2D eigenvalue weighted by Crippen LogP contribution is 2.29. The van der Waals surface area contributed by atoms with Crippen LogP contribution in [0.2, 0.25) is 0 Å². The molecule has 0 radical (unpaired) electrons. The molecule has 2 heteroatoms. The maximum atomic E-state index is 9.34. The van der Waals surface area contributed by atoms with Gasteiger partial charge in [-0.3, -0.25) is 0 Å².